The van der Waals surface area contributed by atoms with Crippen LogP contribution in [0.25, 0.3) is 27.7 Å². The summed E-state index contributed by atoms with van der Waals surface area (Å²) < 4.78 is 30.6. The third kappa shape index (κ3) is 4.21. The van der Waals surface area contributed by atoms with Crippen molar-refractivity contribution >= 4 is 22.4 Å². The molecule has 31 heavy (non-hydrogen) atoms. The number of fused-ring (bicyclic) bond motifs is 1. The molecule has 5 nitrogen and oxygen atoms in total. The Labute approximate surface area is 181 Å². The first-order valence-electron chi connectivity index (χ1n) is 10.5. The molecule has 4 rings (SSSR count). The molecule has 0 bridgehead atoms. The first-order valence-corrected chi connectivity index (χ1v) is 10.5. The van der Waals surface area contributed by atoms with Crippen molar-refractivity contribution in [1.29, 1.82) is 0 Å². The van der Waals surface area contributed by atoms with Crippen molar-refractivity contribution in [3.63, 3.8) is 0 Å². The molecule has 0 spiro atoms. The van der Waals surface area contributed by atoms with Crippen LogP contribution in [0.1, 0.15) is 25.0 Å². The van der Waals surface area contributed by atoms with Crippen LogP contribution in [0.2, 0.25) is 0 Å². The van der Waals surface area contributed by atoms with Gasteiger partial charge in [-0.1, -0.05) is 12.1 Å². The number of allylic oxidation sites excluding steroid dienone is 1. The molecule has 162 valence electrons. The van der Waals surface area contributed by atoms with Crippen LogP contribution in [0, 0.1) is 12.7 Å². The number of hydrogen-bond donors (Lipinski definition) is 0. The Hall–Kier alpha value is -3.12. The standard InChI is InChI=1S/C25H26FNO4/c1-4-30-24-17(3)25-21(22(15-31-25)18-5-7-19(26)8-6-18)14-20(24)16(2)13-23(28)27-9-11-29-12-10-27/h5-8,13-15H,4,9-12H2,1-3H3/b16-13+. The summed E-state index contributed by atoms with van der Waals surface area (Å²) in [5.41, 5.74) is 4.98. The number of nitrogens with zero attached hydrogens (tertiary/aromatic N) is 1. The monoisotopic (exact) mass is 423 g/mol. The molecule has 1 saturated heterocycles. The lowest BCUT2D eigenvalue weighted by atomic mass is 9.96. The van der Waals surface area contributed by atoms with Gasteiger partial charge in [0.05, 0.1) is 26.1 Å². The van der Waals surface area contributed by atoms with E-state index in [-0.39, 0.29) is 11.7 Å². The van der Waals surface area contributed by atoms with Gasteiger partial charge in [0.25, 0.3) is 0 Å². The quantitative estimate of drug-likeness (QED) is 0.529. The predicted molar refractivity (Wildman–Crippen MR) is 119 cm³/mol. The molecule has 2 heterocycles. The Kier molecular flexibility index (Phi) is 6.09. The largest absolute Gasteiger partial charge is 0.493 e. The van der Waals surface area contributed by atoms with Crippen LogP contribution in [0.15, 0.2) is 47.1 Å². The molecule has 0 N–H and O–H groups in total. The average Bonchev–Trinajstić information content (AvgIpc) is 3.21. The molecule has 1 fully saturated rings. The van der Waals surface area contributed by atoms with Crippen LogP contribution in [-0.4, -0.2) is 43.7 Å². The summed E-state index contributed by atoms with van der Waals surface area (Å²) in [5, 5.41) is 0.897. The van der Waals surface area contributed by atoms with Gasteiger partial charge >= 0.3 is 0 Å². The Morgan fingerprint density at radius 1 is 1.23 bits per heavy atom. The van der Waals surface area contributed by atoms with E-state index in [9.17, 15) is 9.18 Å². The van der Waals surface area contributed by atoms with Gasteiger partial charge in [0.2, 0.25) is 5.91 Å². The van der Waals surface area contributed by atoms with E-state index in [1.54, 1.807) is 29.4 Å². The van der Waals surface area contributed by atoms with Gasteiger partial charge in [0.1, 0.15) is 17.1 Å². The number of ether oxygens (including phenoxy) is 2. The molecule has 0 aliphatic carbocycles. The zero-order chi connectivity index (χ0) is 22.0. The van der Waals surface area contributed by atoms with Crippen LogP contribution in [0.5, 0.6) is 5.75 Å². The lowest BCUT2D eigenvalue weighted by Gasteiger charge is -2.26. The number of amides is 1. The second-order valence-electron chi connectivity index (χ2n) is 7.61. The molecule has 0 radical (unpaired) electrons. The SMILES string of the molecule is CCOc1c(/C(C)=C/C(=O)N2CCOCC2)cc2c(-c3ccc(F)cc3)coc2c1C. The van der Waals surface area contributed by atoms with Gasteiger partial charge in [-0.15, -0.1) is 0 Å². The zero-order valence-electron chi connectivity index (χ0n) is 18.0. The molecule has 1 aromatic heterocycles. The van der Waals surface area contributed by atoms with Crippen molar-refractivity contribution < 1.29 is 23.1 Å². The summed E-state index contributed by atoms with van der Waals surface area (Å²) in [6.07, 6.45) is 3.34. The molecule has 1 aliphatic rings. The van der Waals surface area contributed by atoms with E-state index in [1.165, 1.54) is 12.1 Å². The molecule has 2 aromatic carbocycles. The second-order valence-corrected chi connectivity index (χ2v) is 7.61. The summed E-state index contributed by atoms with van der Waals surface area (Å²) in [6, 6.07) is 8.32. The number of carbonyl (C=O) groups excluding carboxylic acids is 1. The Bertz CT molecular complexity index is 1120. The first-order chi connectivity index (χ1) is 15.0. The summed E-state index contributed by atoms with van der Waals surface area (Å²) in [6.45, 7) is 8.59. The van der Waals surface area contributed by atoms with Gasteiger partial charge in [0, 0.05) is 41.2 Å². The van der Waals surface area contributed by atoms with Gasteiger partial charge in [-0.2, -0.15) is 0 Å². The van der Waals surface area contributed by atoms with E-state index in [0.29, 0.717) is 38.7 Å². The van der Waals surface area contributed by atoms with Crippen LogP contribution in [0.3, 0.4) is 0 Å². The lowest BCUT2D eigenvalue weighted by molar-refractivity contribution is -0.129. The molecule has 6 heteroatoms. The summed E-state index contributed by atoms with van der Waals surface area (Å²) in [5.74, 6) is 0.387. The molecular weight excluding hydrogens is 397 g/mol. The maximum atomic E-state index is 13.4. The van der Waals surface area contributed by atoms with Crippen molar-refractivity contribution in [2.75, 3.05) is 32.9 Å². The molecule has 3 aromatic rings. The fourth-order valence-electron chi connectivity index (χ4n) is 3.93. The van der Waals surface area contributed by atoms with E-state index >= 15 is 0 Å². The zero-order valence-corrected chi connectivity index (χ0v) is 18.0. The van der Waals surface area contributed by atoms with Gasteiger partial charge in [-0.05, 0) is 50.1 Å². The number of morpholine rings is 1. The average molecular weight is 423 g/mol. The van der Waals surface area contributed by atoms with Gasteiger partial charge in [-0.3, -0.25) is 4.79 Å². The maximum absolute atomic E-state index is 13.4. The van der Waals surface area contributed by atoms with E-state index in [0.717, 1.165) is 38.8 Å². The van der Waals surface area contributed by atoms with Crippen molar-refractivity contribution in [3.05, 3.63) is 59.6 Å². The number of benzene rings is 2. The van der Waals surface area contributed by atoms with Crippen LogP contribution in [-0.2, 0) is 9.53 Å². The summed E-state index contributed by atoms with van der Waals surface area (Å²) in [7, 11) is 0. The predicted octanol–water partition coefficient (Wildman–Crippen LogP) is 5.21. The lowest BCUT2D eigenvalue weighted by Crippen LogP contribution is -2.39. The summed E-state index contributed by atoms with van der Waals surface area (Å²) in [4.78, 5) is 14.6. The van der Waals surface area contributed by atoms with Crippen LogP contribution in [0.4, 0.5) is 4.39 Å². The highest BCUT2D eigenvalue weighted by atomic mass is 19.1. The smallest absolute Gasteiger partial charge is 0.247 e. The molecule has 0 atom stereocenters. The molecular formula is C25H26FNO4. The highest BCUT2D eigenvalue weighted by Crippen LogP contribution is 2.40. The Morgan fingerprint density at radius 2 is 1.94 bits per heavy atom. The Morgan fingerprint density at radius 3 is 2.61 bits per heavy atom. The molecule has 1 amide bonds. The summed E-state index contributed by atoms with van der Waals surface area (Å²) >= 11 is 0. The van der Waals surface area contributed by atoms with Crippen molar-refractivity contribution in [2.45, 2.75) is 20.8 Å². The maximum Gasteiger partial charge on any atom is 0.247 e. The van der Waals surface area contributed by atoms with Gasteiger partial charge in [-0.25, -0.2) is 4.39 Å². The van der Waals surface area contributed by atoms with E-state index in [2.05, 4.69) is 0 Å². The van der Waals surface area contributed by atoms with Crippen molar-refractivity contribution in [3.8, 4) is 16.9 Å². The molecule has 1 aliphatic heterocycles. The number of halogens is 1. The number of hydrogen-bond acceptors (Lipinski definition) is 4. The minimum absolute atomic E-state index is 0.0352. The number of rotatable bonds is 5. The van der Waals surface area contributed by atoms with Crippen LogP contribution >= 0.6 is 0 Å². The second kappa shape index (κ2) is 8.94. The van der Waals surface area contributed by atoms with Crippen molar-refractivity contribution in [1.82, 2.24) is 4.90 Å². The number of carbonyl (C=O) groups is 1. The fraction of sp³-hybridized carbons (Fsp3) is 0.320. The van der Waals surface area contributed by atoms with Crippen molar-refractivity contribution in [2.24, 2.45) is 0 Å². The molecule has 0 unspecified atom stereocenters. The normalized spacial score (nSPS) is 14.8. The topological polar surface area (TPSA) is 51.9 Å². The van der Waals surface area contributed by atoms with E-state index < -0.39 is 0 Å². The third-order valence-electron chi connectivity index (χ3n) is 5.58. The first kappa shape index (κ1) is 21.1. The number of aryl methyl sites for hydroxylation is 1. The Balaban J connectivity index is 1.81. The minimum atomic E-state index is -0.285. The fourth-order valence-corrected chi connectivity index (χ4v) is 3.93. The van der Waals surface area contributed by atoms with E-state index in [4.69, 9.17) is 13.9 Å². The van der Waals surface area contributed by atoms with Gasteiger partial charge in [0.15, 0.2) is 0 Å². The highest BCUT2D eigenvalue weighted by Gasteiger charge is 2.20. The van der Waals surface area contributed by atoms with E-state index in [1.807, 2.05) is 26.8 Å². The van der Waals surface area contributed by atoms with Crippen LogP contribution < -0.4 is 4.74 Å². The molecule has 0 saturated carbocycles. The third-order valence-corrected chi connectivity index (χ3v) is 5.58. The highest BCUT2D eigenvalue weighted by molar-refractivity contribution is 6.01. The number of furan rings is 1. The van der Waals surface area contributed by atoms with Gasteiger partial charge < -0.3 is 18.8 Å². The minimum Gasteiger partial charge on any atom is -0.493 e.